The van der Waals surface area contributed by atoms with E-state index in [0.717, 1.165) is 17.8 Å². The van der Waals surface area contributed by atoms with Gasteiger partial charge >= 0.3 is 0 Å². The minimum absolute atomic E-state index is 0.336. The second kappa shape index (κ2) is 4.64. The van der Waals surface area contributed by atoms with Crippen molar-refractivity contribution >= 4 is 34.5 Å². The van der Waals surface area contributed by atoms with Crippen molar-refractivity contribution in [2.45, 2.75) is 27.7 Å². The van der Waals surface area contributed by atoms with Crippen molar-refractivity contribution in [2.75, 3.05) is 11.9 Å². The lowest BCUT2D eigenvalue weighted by Crippen LogP contribution is -2.16. The van der Waals surface area contributed by atoms with Crippen molar-refractivity contribution in [3.05, 3.63) is 28.8 Å². The minimum Gasteiger partial charge on any atom is -0.389 e. The first-order chi connectivity index (χ1) is 8.69. The number of nitrogens with one attached hydrogen (secondary N) is 1. The topological polar surface area (TPSA) is 38.0 Å². The van der Waals surface area contributed by atoms with Crippen LogP contribution in [0.25, 0.3) is 0 Å². The summed E-state index contributed by atoms with van der Waals surface area (Å²) in [4.78, 5) is 0.336. The largest absolute Gasteiger partial charge is 0.389 e. The lowest BCUT2D eigenvalue weighted by atomic mass is 10.0. The number of benzene rings is 1. The average Bonchev–Trinajstić information content (AvgIpc) is 2.66. The third-order valence-electron chi connectivity index (χ3n) is 5.08. The van der Waals surface area contributed by atoms with Crippen LogP contribution in [-0.2, 0) is 0 Å². The summed E-state index contributed by atoms with van der Waals surface area (Å²) in [5, 5.41) is 4.06. The summed E-state index contributed by atoms with van der Waals surface area (Å²) in [5.41, 5.74) is 8.15. The highest BCUT2D eigenvalue weighted by atomic mass is 35.5. The SMILES string of the molecule is CC1(C)C(CNc2cccc(Cl)c2C(N)=S)C1(C)C. The van der Waals surface area contributed by atoms with Crippen LogP contribution < -0.4 is 11.1 Å². The van der Waals surface area contributed by atoms with Crippen molar-refractivity contribution in [3.63, 3.8) is 0 Å². The Morgan fingerprint density at radius 3 is 2.37 bits per heavy atom. The lowest BCUT2D eigenvalue weighted by Gasteiger charge is -2.13. The fourth-order valence-corrected chi connectivity index (χ4v) is 3.53. The summed E-state index contributed by atoms with van der Waals surface area (Å²) in [7, 11) is 0. The summed E-state index contributed by atoms with van der Waals surface area (Å²) in [5.74, 6) is 0.637. The molecule has 1 saturated carbocycles. The van der Waals surface area contributed by atoms with Gasteiger partial charge in [0, 0.05) is 12.2 Å². The predicted molar refractivity (Wildman–Crippen MR) is 86.9 cm³/mol. The molecule has 0 heterocycles. The molecule has 1 aliphatic rings. The first kappa shape index (κ1) is 14.6. The van der Waals surface area contributed by atoms with Crippen molar-refractivity contribution < 1.29 is 0 Å². The number of nitrogens with two attached hydrogens (primary N) is 1. The molecule has 0 aliphatic heterocycles. The van der Waals surface area contributed by atoms with E-state index >= 15 is 0 Å². The zero-order valence-corrected chi connectivity index (χ0v) is 13.5. The van der Waals surface area contributed by atoms with E-state index in [0.29, 0.717) is 26.8 Å². The third kappa shape index (κ3) is 2.34. The average molecular weight is 297 g/mol. The Balaban J connectivity index is 2.14. The van der Waals surface area contributed by atoms with Crippen LogP contribution in [0.2, 0.25) is 5.02 Å². The molecule has 0 aromatic heterocycles. The maximum absolute atomic E-state index is 6.16. The molecule has 1 aliphatic carbocycles. The van der Waals surface area contributed by atoms with Crippen molar-refractivity contribution in [2.24, 2.45) is 22.5 Å². The van der Waals surface area contributed by atoms with Gasteiger partial charge in [-0.05, 0) is 28.9 Å². The van der Waals surface area contributed by atoms with Gasteiger partial charge in [0.2, 0.25) is 0 Å². The summed E-state index contributed by atoms with van der Waals surface area (Å²) in [6.07, 6.45) is 0. The maximum Gasteiger partial charge on any atom is 0.107 e. The monoisotopic (exact) mass is 296 g/mol. The Morgan fingerprint density at radius 2 is 1.89 bits per heavy atom. The van der Waals surface area contributed by atoms with Crippen molar-refractivity contribution in [1.29, 1.82) is 0 Å². The molecule has 2 rings (SSSR count). The number of hydrogen-bond acceptors (Lipinski definition) is 2. The van der Waals surface area contributed by atoms with Crippen LogP contribution in [-0.4, -0.2) is 11.5 Å². The van der Waals surface area contributed by atoms with Gasteiger partial charge in [-0.25, -0.2) is 0 Å². The highest BCUT2D eigenvalue weighted by molar-refractivity contribution is 7.80. The molecule has 3 N–H and O–H groups in total. The number of thiocarbonyl (C=S) groups is 1. The van der Waals surface area contributed by atoms with Crippen LogP contribution >= 0.6 is 23.8 Å². The first-order valence-corrected chi connectivity index (χ1v) is 7.30. The molecule has 1 aromatic rings. The van der Waals surface area contributed by atoms with E-state index in [4.69, 9.17) is 29.6 Å². The number of rotatable bonds is 4. The highest BCUT2D eigenvalue weighted by Gasteiger charge is 2.64. The van der Waals surface area contributed by atoms with E-state index in [1.165, 1.54) is 0 Å². The maximum atomic E-state index is 6.16. The number of hydrogen-bond donors (Lipinski definition) is 2. The molecule has 0 amide bonds. The number of halogens is 1. The van der Waals surface area contributed by atoms with Gasteiger partial charge in [0.15, 0.2) is 0 Å². The summed E-state index contributed by atoms with van der Waals surface area (Å²) >= 11 is 11.2. The van der Waals surface area contributed by atoms with Gasteiger partial charge in [-0.3, -0.25) is 0 Å². The zero-order valence-electron chi connectivity index (χ0n) is 11.9. The van der Waals surface area contributed by atoms with Crippen LogP contribution in [0.5, 0.6) is 0 Å². The Hall–Kier alpha value is -0.800. The molecule has 0 saturated heterocycles. The lowest BCUT2D eigenvalue weighted by molar-refractivity contribution is 0.457. The Labute approximate surface area is 125 Å². The fraction of sp³-hybridized carbons (Fsp3) is 0.533. The number of anilines is 1. The standard InChI is InChI=1S/C15H21ClN2S/c1-14(2)11(15(14,3)4)8-18-10-7-5-6-9(16)12(10)13(17)19/h5-7,11,18H,8H2,1-4H3,(H2,17,19). The van der Waals surface area contributed by atoms with Gasteiger partial charge in [0.25, 0.3) is 0 Å². The molecule has 0 spiro atoms. The van der Waals surface area contributed by atoms with Gasteiger partial charge in [-0.15, -0.1) is 0 Å². The van der Waals surface area contributed by atoms with Gasteiger partial charge in [0.05, 0.1) is 10.6 Å². The Bertz CT molecular complexity index is 509. The molecular weight excluding hydrogens is 276 g/mol. The zero-order chi connectivity index (χ0) is 14.4. The van der Waals surface area contributed by atoms with Crippen LogP contribution in [0.15, 0.2) is 18.2 Å². The molecule has 0 atom stereocenters. The van der Waals surface area contributed by atoms with E-state index in [1.807, 2.05) is 18.2 Å². The molecular formula is C15H21ClN2S. The van der Waals surface area contributed by atoms with Crippen LogP contribution in [0, 0.1) is 16.7 Å². The van der Waals surface area contributed by atoms with E-state index in [1.54, 1.807) is 0 Å². The van der Waals surface area contributed by atoms with Crippen LogP contribution in [0.1, 0.15) is 33.3 Å². The Kier molecular flexibility index (Phi) is 3.56. The molecule has 4 heteroatoms. The quantitative estimate of drug-likeness (QED) is 0.823. The molecule has 2 nitrogen and oxygen atoms in total. The fourth-order valence-electron chi connectivity index (χ4n) is 2.98. The van der Waals surface area contributed by atoms with Crippen LogP contribution in [0.4, 0.5) is 5.69 Å². The Morgan fingerprint density at radius 1 is 1.32 bits per heavy atom. The van der Waals surface area contributed by atoms with Crippen molar-refractivity contribution in [1.82, 2.24) is 0 Å². The summed E-state index contributed by atoms with van der Waals surface area (Å²) < 4.78 is 0. The molecule has 0 radical (unpaired) electrons. The summed E-state index contributed by atoms with van der Waals surface area (Å²) in [6, 6.07) is 5.70. The van der Waals surface area contributed by atoms with E-state index in [-0.39, 0.29) is 0 Å². The molecule has 0 unspecified atom stereocenters. The predicted octanol–water partition coefficient (Wildman–Crippen LogP) is 4.07. The van der Waals surface area contributed by atoms with Gasteiger partial charge in [0.1, 0.15) is 4.99 Å². The first-order valence-electron chi connectivity index (χ1n) is 6.51. The second-order valence-corrected chi connectivity index (χ2v) is 7.25. The van der Waals surface area contributed by atoms with E-state index in [2.05, 4.69) is 33.0 Å². The highest BCUT2D eigenvalue weighted by Crippen LogP contribution is 2.68. The molecule has 1 aromatic carbocycles. The normalized spacial score (nSPS) is 20.1. The molecule has 0 bridgehead atoms. The van der Waals surface area contributed by atoms with E-state index in [9.17, 15) is 0 Å². The van der Waals surface area contributed by atoms with Gasteiger partial charge < -0.3 is 11.1 Å². The van der Waals surface area contributed by atoms with Crippen molar-refractivity contribution in [3.8, 4) is 0 Å². The summed E-state index contributed by atoms with van der Waals surface area (Å²) in [6.45, 7) is 10.2. The molecule has 1 fully saturated rings. The van der Waals surface area contributed by atoms with Crippen LogP contribution in [0.3, 0.4) is 0 Å². The minimum atomic E-state index is 0.336. The molecule has 19 heavy (non-hydrogen) atoms. The van der Waals surface area contributed by atoms with Gasteiger partial charge in [-0.2, -0.15) is 0 Å². The van der Waals surface area contributed by atoms with Gasteiger partial charge in [-0.1, -0.05) is 57.6 Å². The second-order valence-electron chi connectivity index (χ2n) is 6.40. The van der Waals surface area contributed by atoms with E-state index < -0.39 is 0 Å². The smallest absolute Gasteiger partial charge is 0.107 e. The third-order valence-corrected chi connectivity index (χ3v) is 5.60. The molecule has 104 valence electrons.